The fourth-order valence-corrected chi connectivity index (χ4v) is 8.78. The van der Waals surface area contributed by atoms with Crippen LogP contribution >= 0.6 is 59.4 Å². The van der Waals surface area contributed by atoms with Gasteiger partial charge in [0.25, 0.3) is 0 Å². The van der Waals surface area contributed by atoms with Crippen molar-refractivity contribution >= 4 is 99.5 Å². The molecule has 0 spiro atoms. The first-order valence-electron chi connectivity index (χ1n) is 17.0. The van der Waals surface area contributed by atoms with E-state index in [2.05, 4.69) is 47.8 Å². The molecule has 1 aromatic heterocycles. The summed E-state index contributed by atoms with van der Waals surface area (Å²) in [5, 5.41) is 0.940. The van der Waals surface area contributed by atoms with E-state index < -0.39 is 12.1 Å². The predicted molar refractivity (Wildman–Crippen MR) is 215 cm³/mol. The van der Waals surface area contributed by atoms with Crippen LogP contribution in [0.5, 0.6) is 5.75 Å². The van der Waals surface area contributed by atoms with E-state index in [9.17, 15) is 19.2 Å². The molecule has 2 fully saturated rings. The number of carbonyl (C=O) groups excluding carboxylic acids is 4. The summed E-state index contributed by atoms with van der Waals surface area (Å²) in [6.45, 7) is 3.74. The number of hydrogen-bond acceptors (Lipinski definition) is 7. The number of fused-ring (bicyclic) bond motifs is 2. The molecule has 4 aromatic carbocycles. The van der Waals surface area contributed by atoms with Crippen molar-refractivity contribution in [3.8, 4) is 17.0 Å². The summed E-state index contributed by atoms with van der Waals surface area (Å²) in [4.78, 5) is 60.5. The predicted octanol–water partition coefficient (Wildman–Crippen LogP) is 10.1. The Labute approximate surface area is 336 Å². The van der Waals surface area contributed by atoms with E-state index in [4.69, 9.17) is 26.1 Å². The van der Waals surface area contributed by atoms with Gasteiger partial charge in [-0.25, -0.2) is 9.78 Å². The van der Waals surface area contributed by atoms with Gasteiger partial charge in [-0.15, -0.1) is 0 Å². The van der Waals surface area contributed by atoms with E-state index in [1.165, 1.54) is 11.8 Å². The molecule has 270 valence electrons. The summed E-state index contributed by atoms with van der Waals surface area (Å²) in [5.41, 5.74) is 4.28. The lowest BCUT2D eigenvalue weighted by molar-refractivity contribution is -0.122. The van der Waals surface area contributed by atoms with Crippen molar-refractivity contribution in [2.75, 3.05) is 4.90 Å². The first kappa shape index (κ1) is 37.4. The molecule has 5 aromatic rings. The molecule has 5 unspecified atom stereocenters. The summed E-state index contributed by atoms with van der Waals surface area (Å²) in [5.74, 6) is -1.60. The van der Waals surface area contributed by atoms with Gasteiger partial charge in [0.05, 0.1) is 39.3 Å². The third-order valence-corrected chi connectivity index (χ3v) is 13.9. The van der Waals surface area contributed by atoms with E-state index in [-0.39, 0.29) is 44.7 Å². The maximum Gasteiger partial charge on any atom is 0.339 e. The second-order valence-electron chi connectivity index (χ2n) is 13.2. The van der Waals surface area contributed by atoms with E-state index in [0.717, 1.165) is 5.56 Å². The minimum absolute atomic E-state index is 0.110. The number of Topliss-reactive ketones (excluding diaryl/α,β-unsaturated/α-hetero) is 1. The number of alkyl halides is 2. The van der Waals surface area contributed by atoms with Crippen molar-refractivity contribution in [2.45, 2.75) is 49.1 Å². The number of ketones is 1. The SMILES string of the molecule is Cc1c(Cl)c(Br)cc2c(C(=O)OC(C)C(=O)c3ccc(OCc4ccccc4)cc3)cc(-c3ccc(N4C(=O)C5CC(Br)C(Br)CC5C4=O)cc3)nc12. The first-order chi connectivity index (χ1) is 25.4. The van der Waals surface area contributed by atoms with Crippen LogP contribution in [0, 0.1) is 18.8 Å². The summed E-state index contributed by atoms with van der Waals surface area (Å²) in [6.07, 6.45) is 0.0663. The summed E-state index contributed by atoms with van der Waals surface area (Å²) in [7, 11) is 0. The normalized spacial score (nSPS) is 20.3. The van der Waals surface area contributed by atoms with Gasteiger partial charge < -0.3 is 9.47 Å². The Morgan fingerprint density at radius 3 is 2.15 bits per heavy atom. The van der Waals surface area contributed by atoms with Gasteiger partial charge >= 0.3 is 5.97 Å². The maximum atomic E-state index is 13.9. The average molecular weight is 924 g/mol. The number of imide groups is 1. The molecule has 53 heavy (non-hydrogen) atoms. The van der Waals surface area contributed by atoms with Gasteiger partial charge in [-0.3, -0.25) is 19.3 Å². The number of halogens is 4. The maximum absolute atomic E-state index is 13.9. The molecular formula is C41H32Br3ClN2O6. The van der Waals surface area contributed by atoms with Gasteiger partial charge in [0, 0.05) is 30.6 Å². The largest absolute Gasteiger partial charge is 0.489 e. The molecule has 1 saturated carbocycles. The lowest BCUT2D eigenvalue weighted by Gasteiger charge is -2.29. The molecule has 2 heterocycles. The molecule has 8 nitrogen and oxygen atoms in total. The van der Waals surface area contributed by atoms with Crippen LogP contribution in [-0.4, -0.2) is 44.3 Å². The fraction of sp³-hybridized carbons (Fsp3) is 0.244. The second-order valence-corrected chi connectivity index (χ2v) is 16.8. The number of ether oxygens (including phenoxy) is 2. The summed E-state index contributed by atoms with van der Waals surface area (Å²) < 4.78 is 12.2. The third kappa shape index (κ3) is 7.45. The highest BCUT2D eigenvalue weighted by molar-refractivity contribution is 9.12. The van der Waals surface area contributed by atoms with Crippen LogP contribution in [0.1, 0.15) is 51.6 Å². The van der Waals surface area contributed by atoms with Gasteiger partial charge in [0.2, 0.25) is 17.6 Å². The lowest BCUT2D eigenvalue weighted by Crippen LogP contribution is -2.34. The third-order valence-electron chi connectivity index (χ3n) is 9.82. The molecule has 0 bridgehead atoms. The van der Waals surface area contributed by atoms with Crippen LogP contribution in [0.25, 0.3) is 22.2 Å². The molecule has 12 heteroatoms. The zero-order valence-electron chi connectivity index (χ0n) is 28.5. The number of benzene rings is 4. The summed E-state index contributed by atoms with van der Waals surface area (Å²) in [6, 6.07) is 26.7. The Kier molecular flexibility index (Phi) is 10.9. The lowest BCUT2D eigenvalue weighted by atomic mass is 9.81. The number of amides is 2. The van der Waals surface area contributed by atoms with Gasteiger partial charge in [-0.1, -0.05) is 85.9 Å². The number of hydrogen-bond donors (Lipinski definition) is 0. The molecule has 2 amide bonds. The number of aromatic nitrogens is 1. The number of rotatable bonds is 9. The van der Waals surface area contributed by atoms with Crippen LogP contribution in [0.15, 0.2) is 95.5 Å². The highest BCUT2D eigenvalue weighted by Crippen LogP contribution is 2.45. The van der Waals surface area contributed by atoms with Crippen molar-refractivity contribution in [3.05, 3.63) is 123 Å². The summed E-state index contributed by atoms with van der Waals surface area (Å²) >= 11 is 17.4. The van der Waals surface area contributed by atoms with Crippen LogP contribution in [-0.2, 0) is 20.9 Å². The van der Waals surface area contributed by atoms with Gasteiger partial charge in [0.1, 0.15) is 12.4 Å². The molecule has 1 aliphatic heterocycles. The number of aryl methyl sites for hydroxylation is 1. The molecular weight excluding hydrogens is 892 g/mol. The topological polar surface area (TPSA) is 103 Å². The molecule has 1 aliphatic carbocycles. The first-order valence-corrected chi connectivity index (χ1v) is 20.0. The number of esters is 1. The molecule has 0 N–H and O–H groups in total. The number of nitrogens with zero attached hydrogens (tertiary/aromatic N) is 2. The van der Waals surface area contributed by atoms with Gasteiger partial charge in [-0.2, -0.15) is 0 Å². The van der Waals surface area contributed by atoms with Crippen molar-refractivity contribution in [1.82, 2.24) is 4.98 Å². The molecule has 1 saturated heterocycles. The van der Waals surface area contributed by atoms with Gasteiger partial charge in [-0.05, 0) is 102 Å². The zero-order valence-corrected chi connectivity index (χ0v) is 34.0. The van der Waals surface area contributed by atoms with Crippen LogP contribution in [0.4, 0.5) is 5.69 Å². The van der Waals surface area contributed by atoms with Crippen molar-refractivity contribution in [2.24, 2.45) is 11.8 Å². The number of carbonyl (C=O) groups is 4. The van der Waals surface area contributed by atoms with E-state index >= 15 is 0 Å². The molecule has 2 aliphatic rings. The van der Waals surface area contributed by atoms with Crippen molar-refractivity contribution < 1.29 is 28.7 Å². The quantitative estimate of drug-likeness (QED) is 0.0628. The fourth-order valence-electron chi connectivity index (χ4n) is 6.88. The standard InChI is InChI=1S/C41H32Br3ClN2O6/c1-21-36(45)34(44)16-28-31(41(51)53-22(2)38(48)25-10-14-27(15-11-25)52-20-23-6-4-3-5-7-23)19-35(46-37(21)28)24-8-12-26(13-9-24)47-39(49)29-17-32(42)33(43)18-30(29)40(47)50/h3-16,19,22,29-30,32-33H,17-18,20H2,1-2H3. The minimum Gasteiger partial charge on any atom is -0.489 e. The second kappa shape index (κ2) is 15.5. The molecule has 7 rings (SSSR count). The van der Waals surface area contributed by atoms with E-state index in [0.29, 0.717) is 73.7 Å². The van der Waals surface area contributed by atoms with Crippen molar-refractivity contribution in [3.63, 3.8) is 0 Å². The Hall–Kier alpha value is -3.90. The van der Waals surface area contributed by atoms with Gasteiger partial charge in [0.15, 0.2) is 6.10 Å². The van der Waals surface area contributed by atoms with E-state index in [1.807, 2.05) is 37.3 Å². The van der Waals surface area contributed by atoms with Crippen LogP contribution < -0.4 is 9.64 Å². The molecule has 0 radical (unpaired) electrons. The minimum atomic E-state index is -1.10. The molecule has 5 atom stereocenters. The van der Waals surface area contributed by atoms with Crippen LogP contribution in [0.3, 0.4) is 0 Å². The average Bonchev–Trinajstić information content (AvgIpc) is 3.40. The zero-order chi connectivity index (χ0) is 37.6. The Morgan fingerprint density at radius 2 is 1.53 bits per heavy atom. The highest BCUT2D eigenvalue weighted by Gasteiger charge is 2.52. The Balaban J connectivity index is 1.13. The Morgan fingerprint density at radius 1 is 0.906 bits per heavy atom. The van der Waals surface area contributed by atoms with Crippen LogP contribution in [0.2, 0.25) is 5.02 Å². The number of pyridine rings is 1. The Bertz CT molecular complexity index is 2220. The highest BCUT2D eigenvalue weighted by atomic mass is 79.9. The monoisotopic (exact) mass is 920 g/mol. The smallest absolute Gasteiger partial charge is 0.339 e. The number of anilines is 1. The van der Waals surface area contributed by atoms with E-state index in [1.54, 1.807) is 60.7 Å². The van der Waals surface area contributed by atoms with Crippen molar-refractivity contribution in [1.29, 1.82) is 0 Å².